The third kappa shape index (κ3) is 1.98. The summed E-state index contributed by atoms with van der Waals surface area (Å²) >= 11 is 13.5. The Morgan fingerprint density at radius 2 is 1.73 bits per heavy atom. The molecule has 0 radical (unpaired) electrons. The Labute approximate surface area is 88.1 Å². The summed E-state index contributed by atoms with van der Waals surface area (Å²) in [5.74, 6) is 0. The second-order valence-electron chi connectivity index (χ2n) is 1.87. The van der Waals surface area contributed by atoms with E-state index in [0.717, 1.165) is 3.57 Å². The number of rotatable bonds is 0. The van der Waals surface area contributed by atoms with Crippen molar-refractivity contribution in [1.29, 1.82) is 5.26 Å². The molecule has 0 amide bonds. The van der Waals surface area contributed by atoms with Gasteiger partial charge in [-0.1, -0.05) is 23.2 Å². The van der Waals surface area contributed by atoms with E-state index in [2.05, 4.69) is 0 Å². The number of halogens is 3. The highest BCUT2D eigenvalue weighted by atomic mass is 127. The smallest absolute Gasteiger partial charge is 0.0992 e. The highest BCUT2D eigenvalue weighted by Crippen LogP contribution is 2.27. The predicted molar refractivity (Wildman–Crippen MR) is 53.9 cm³/mol. The van der Waals surface area contributed by atoms with Gasteiger partial charge in [0.25, 0.3) is 0 Å². The molecule has 0 saturated heterocycles. The second-order valence-corrected chi connectivity index (χ2v) is 3.76. The number of benzene rings is 1. The fourth-order valence-electron chi connectivity index (χ4n) is 0.620. The minimum atomic E-state index is 0.486. The van der Waals surface area contributed by atoms with E-state index in [1.807, 2.05) is 28.7 Å². The van der Waals surface area contributed by atoms with Gasteiger partial charge in [-0.2, -0.15) is 5.26 Å². The molecule has 1 aromatic carbocycles. The van der Waals surface area contributed by atoms with Crippen molar-refractivity contribution in [1.82, 2.24) is 0 Å². The minimum Gasteiger partial charge on any atom is -0.192 e. The van der Waals surface area contributed by atoms with Crippen molar-refractivity contribution in [3.8, 4) is 6.07 Å². The Bertz CT molecular complexity index is 307. The van der Waals surface area contributed by atoms with Gasteiger partial charge < -0.3 is 0 Å². The van der Waals surface area contributed by atoms with Crippen molar-refractivity contribution in [3.63, 3.8) is 0 Å². The summed E-state index contributed by atoms with van der Waals surface area (Å²) in [4.78, 5) is 0. The molecule has 1 rings (SSSR count). The van der Waals surface area contributed by atoms with E-state index >= 15 is 0 Å². The average molecular weight is 298 g/mol. The molecule has 0 aliphatic carbocycles. The lowest BCUT2D eigenvalue weighted by molar-refractivity contribution is 1.48. The molecule has 11 heavy (non-hydrogen) atoms. The second kappa shape index (κ2) is 3.61. The van der Waals surface area contributed by atoms with Crippen LogP contribution in [0.1, 0.15) is 5.56 Å². The first-order valence-electron chi connectivity index (χ1n) is 2.70. The minimum absolute atomic E-state index is 0.486. The molecular weight excluding hydrogens is 296 g/mol. The summed E-state index contributed by atoms with van der Waals surface area (Å²) in [5.41, 5.74) is 0.486. The normalized spacial score (nSPS) is 9.27. The standard InChI is InChI=1S/C7H2Cl2IN/c8-5-1-4(3-11)2-6(9)7(5)10/h1-2H. The maximum Gasteiger partial charge on any atom is 0.0992 e. The Morgan fingerprint density at radius 1 is 1.27 bits per heavy atom. The van der Waals surface area contributed by atoms with Crippen molar-refractivity contribution in [3.05, 3.63) is 31.3 Å². The molecule has 0 aliphatic rings. The van der Waals surface area contributed by atoms with E-state index in [0.29, 0.717) is 15.6 Å². The van der Waals surface area contributed by atoms with E-state index in [1.54, 1.807) is 12.1 Å². The first-order valence-corrected chi connectivity index (χ1v) is 4.53. The Hall–Kier alpha value is 0.0200. The lowest BCUT2D eigenvalue weighted by Crippen LogP contribution is -1.80. The van der Waals surface area contributed by atoms with Gasteiger partial charge in [0.1, 0.15) is 0 Å². The number of hydrogen-bond donors (Lipinski definition) is 0. The van der Waals surface area contributed by atoms with Gasteiger partial charge in [-0.3, -0.25) is 0 Å². The molecule has 0 unspecified atom stereocenters. The van der Waals surface area contributed by atoms with Crippen molar-refractivity contribution < 1.29 is 0 Å². The van der Waals surface area contributed by atoms with Crippen LogP contribution in [-0.2, 0) is 0 Å². The molecule has 0 spiro atoms. The predicted octanol–water partition coefficient (Wildman–Crippen LogP) is 3.47. The summed E-state index contributed by atoms with van der Waals surface area (Å²) in [6.45, 7) is 0. The van der Waals surface area contributed by atoms with Crippen LogP contribution in [-0.4, -0.2) is 0 Å². The van der Waals surface area contributed by atoms with E-state index < -0.39 is 0 Å². The van der Waals surface area contributed by atoms with Gasteiger partial charge in [0.15, 0.2) is 0 Å². The summed E-state index contributed by atoms with van der Waals surface area (Å²) in [6.07, 6.45) is 0. The highest BCUT2D eigenvalue weighted by molar-refractivity contribution is 14.1. The fraction of sp³-hybridized carbons (Fsp3) is 0. The van der Waals surface area contributed by atoms with Crippen LogP contribution in [0, 0.1) is 14.9 Å². The topological polar surface area (TPSA) is 23.8 Å². The summed E-state index contributed by atoms with van der Waals surface area (Å²) < 4.78 is 0.782. The molecule has 0 aromatic heterocycles. The lowest BCUT2D eigenvalue weighted by atomic mass is 10.2. The Balaban J connectivity index is 3.35. The molecule has 4 heteroatoms. The van der Waals surface area contributed by atoms with Crippen LogP contribution < -0.4 is 0 Å². The molecule has 0 bridgehead atoms. The van der Waals surface area contributed by atoms with Crippen molar-refractivity contribution in [2.75, 3.05) is 0 Å². The molecule has 1 aromatic rings. The largest absolute Gasteiger partial charge is 0.192 e. The van der Waals surface area contributed by atoms with Crippen molar-refractivity contribution >= 4 is 45.8 Å². The van der Waals surface area contributed by atoms with Gasteiger partial charge in [-0.15, -0.1) is 0 Å². The fourth-order valence-corrected chi connectivity index (χ4v) is 1.42. The molecule has 0 heterocycles. The van der Waals surface area contributed by atoms with E-state index in [1.165, 1.54) is 0 Å². The quantitative estimate of drug-likeness (QED) is 0.531. The number of hydrogen-bond acceptors (Lipinski definition) is 1. The summed E-state index contributed by atoms with van der Waals surface area (Å²) in [5, 5.41) is 9.55. The Kier molecular flexibility index (Phi) is 2.99. The van der Waals surface area contributed by atoms with Crippen LogP contribution in [0.3, 0.4) is 0 Å². The Morgan fingerprint density at radius 3 is 2.09 bits per heavy atom. The first kappa shape index (κ1) is 9.11. The molecule has 0 aliphatic heterocycles. The molecule has 0 saturated carbocycles. The zero-order chi connectivity index (χ0) is 8.43. The van der Waals surface area contributed by atoms with Crippen LogP contribution in [0.4, 0.5) is 0 Å². The van der Waals surface area contributed by atoms with E-state index in [9.17, 15) is 0 Å². The van der Waals surface area contributed by atoms with Crippen molar-refractivity contribution in [2.24, 2.45) is 0 Å². The SMILES string of the molecule is N#Cc1cc(Cl)c(I)c(Cl)c1. The van der Waals surface area contributed by atoms with Crippen LogP contribution in [0.25, 0.3) is 0 Å². The van der Waals surface area contributed by atoms with Crippen LogP contribution in [0.5, 0.6) is 0 Å². The van der Waals surface area contributed by atoms with Crippen LogP contribution >= 0.6 is 45.8 Å². The van der Waals surface area contributed by atoms with E-state index in [4.69, 9.17) is 28.5 Å². The third-order valence-corrected chi connectivity index (χ3v) is 3.51. The first-order chi connectivity index (χ1) is 5.15. The van der Waals surface area contributed by atoms with Gasteiger partial charge in [0, 0.05) is 0 Å². The van der Waals surface area contributed by atoms with E-state index in [-0.39, 0.29) is 0 Å². The monoisotopic (exact) mass is 297 g/mol. The van der Waals surface area contributed by atoms with Gasteiger partial charge in [-0.25, -0.2) is 0 Å². The summed E-state index contributed by atoms with van der Waals surface area (Å²) in [6, 6.07) is 5.15. The lowest BCUT2D eigenvalue weighted by Gasteiger charge is -1.98. The maximum absolute atomic E-state index is 8.51. The molecular formula is C7H2Cl2IN. The molecule has 0 atom stereocenters. The van der Waals surface area contributed by atoms with Gasteiger partial charge >= 0.3 is 0 Å². The highest BCUT2D eigenvalue weighted by Gasteiger charge is 2.03. The van der Waals surface area contributed by atoms with Crippen molar-refractivity contribution in [2.45, 2.75) is 0 Å². The molecule has 0 N–H and O–H groups in total. The summed E-state index contributed by atoms with van der Waals surface area (Å²) in [7, 11) is 0. The maximum atomic E-state index is 8.51. The zero-order valence-corrected chi connectivity index (χ0v) is 8.91. The number of nitriles is 1. The number of nitrogens with zero attached hydrogens (tertiary/aromatic N) is 1. The van der Waals surface area contributed by atoms with Crippen LogP contribution in [0.2, 0.25) is 10.0 Å². The molecule has 0 fully saturated rings. The average Bonchev–Trinajstić information content (AvgIpc) is 1.99. The zero-order valence-electron chi connectivity index (χ0n) is 5.24. The van der Waals surface area contributed by atoms with Gasteiger partial charge in [0.05, 0.1) is 25.2 Å². The molecule has 1 nitrogen and oxygen atoms in total. The van der Waals surface area contributed by atoms with Gasteiger partial charge in [0.2, 0.25) is 0 Å². The van der Waals surface area contributed by atoms with Gasteiger partial charge in [-0.05, 0) is 34.7 Å². The van der Waals surface area contributed by atoms with Crippen LogP contribution in [0.15, 0.2) is 12.1 Å². The third-order valence-electron chi connectivity index (χ3n) is 1.11. The molecule has 56 valence electrons.